The quantitative estimate of drug-likeness (QED) is 0.915. The topological polar surface area (TPSA) is 38.5 Å². The van der Waals surface area contributed by atoms with Crippen molar-refractivity contribution in [1.29, 1.82) is 0 Å². The first kappa shape index (κ1) is 13.8. The van der Waals surface area contributed by atoms with Crippen LogP contribution in [0, 0.1) is 0 Å². The SMILES string of the molecule is CC(C)(C(N)c1ccccc1Cl)N1CCOCC1. The molecule has 0 amide bonds. The van der Waals surface area contributed by atoms with Gasteiger partial charge < -0.3 is 10.5 Å². The summed E-state index contributed by atoms with van der Waals surface area (Å²) in [6, 6.07) is 7.71. The van der Waals surface area contributed by atoms with Crippen LogP contribution in [-0.4, -0.2) is 36.7 Å². The van der Waals surface area contributed by atoms with E-state index < -0.39 is 0 Å². The van der Waals surface area contributed by atoms with Crippen LogP contribution >= 0.6 is 11.6 Å². The molecular formula is C14H21ClN2O. The third kappa shape index (κ3) is 2.69. The van der Waals surface area contributed by atoms with Gasteiger partial charge in [0.1, 0.15) is 0 Å². The van der Waals surface area contributed by atoms with Gasteiger partial charge in [0.2, 0.25) is 0 Å². The zero-order valence-electron chi connectivity index (χ0n) is 11.0. The Morgan fingerprint density at radius 1 is 1.28 bits per heavy atom. The van der Waals surface area contributed by atoms with Crippen molar-refractivity contribution in [1.82, 2.24) is 4.90 Å². The van der Waals surface area contributed by atoms with E-state index in [0.717, 1.165) is 36.9 Å². The molecule has 18 heavy (non-hydrogen) atoms. The first-order chi connectivity index (χ1) is 8.53. The van der Waals surface area contributed by atoms with Crippen molar-refractivity contribution in [2.45, 2.75) is 25.4 Å². The van der Waals surface area contributed by atoms with Crippen molar-refractivity contribution < 1.29 is 4.74 Å². The molecular weight excluding hydrogens is 248 g/mol. The molecule has 1 aromatic rings. The van der Waals surface area contributed by atoms with Gasteiger partial charge >= 0.3 is 0 Å². The molecule has 0 radical (unpaired) electrons. The molecule has 4 heteroatoms. The van der Waals surface area contributed by atoms with Crippen molar-refractivity contribution in [2.75, 3.05) is 26.3 Å². The third-order valence-corrected chi connectivity index (χ3v) is 4.17. The number of halogens is 1. The Bertz CT molecular complexity index is 403. The predicted molar refractivity (Wildman–Crippen MR) is 74.9 cm³/mol. The number of hydrogen-bond donors (Lipinski definition) is 1. The molecule has 1 unspecified atom stereocenters. The maximum atomic E-state index is 6.44. The second kappa shape index (κ2) is 5.57. The van der Waals surface area contributed by atoms with Gasteiger partial charge in [0.05, 0.1) is 13.2 Å². The highest BCUT2D eigenvalue weighted by Crippen LogP contribution is 2.33. The summed E-state index contributed by atoms with van der Waals surface area (Å²) >= 11 is 6.24. The van der Waals surface area contributed by atoms with Crippen LogP contribution in [0.15, 0.2) is 24.3 Å². The minimum absolute atomic E-state index is 0.107. The van der Waals surface area contributed by atoms with Crippen LogP contribution in [0.3, 0.4) is 0 Å². The Morgan fingerprint density at radius 2 is 1.89 bits per heavy atom. The van der Waals surface area contributed by atoms with Gasteiger partial charge in [-0.15, -0.1) is 0 Å². The van der Waals surface area contributed by atoms with Gasteiger partial charge in [-0.05, 0) is 25.5 Å². The second-order valence-corrected chi connectivity index (χ2v) is 5.66. The lowest BCUT2D eigenvalue weighted by Gasteiger charge is -2.44. The predicted octanol–water partition coefficient (Wildman–Crippen LogP) is 2.45. The van der Waals surface area contributed by atoms with Gasteiger partial charge in [-0.25, -0.2) is 0 Å². The number of ether oxygens (including phenoxy) is 1. The highest BCUT2D eigenvalue weighted by Gasteiger charge is 2.35. The lowest BCUT2D eigenvalue weighted by atomic mass is 9.87. The van der Waals surface area contributed by atoms with Gasteiger partial charge in [-0.3, -0.25) is 4.90 Å². The van der Waals surface area contributed by atoms with Gasteiger partial charge in [0.25, 0.3) is 0 Å². The molecule has 0 saturated carbocycles. The summed E-state index contributed by atoms with van der Waals surface area (Å²) in [7, 11) is 0. The number of morpholine rings is 1. The third-order valence-electron chi connectivity index (χ3n) is 3.83. The minimum Gasteiger partial charge on any atom is -0.379 e. The average molecular weight is 269 g/mol. The van der Waals surface area contributed by atoms with E-state index in [1.807, 2.05) is 24.3 Å². The van der Waals surface area contributed by atoms with Crippen molar-refractivity contribution >= 4 is 11.6 Å². The number of rotatable bonds is 3. The summed E-state index contributed by atoms with van der Waals surface area (Å²) in [6.07, 6.45) is 0. The lowest BCUT2D eigenvalue weighted by Crippen LogP contribution is -2.55. The molecule has 2 rings (SSSR count). The smallest absolute Gasteiger partial charge is 0.0594 e. The molecule has 1 aliphatic heterocycles. The molecule has 100 valence electrons. The average Bonchev–Trinajstić information content (AvgIpc) is 2.39. The summed E-state index contributed by atoms with van der Waals surface area (Å²) in [5, 5.41) is 0.742. The Morgan fingerprint density at radius 3 is 2.50 bits per heavy atom. The van der Waals surface area contributed by atoms with Crippen LogP contribution in [0.4, 0.5) is 0 Å². The van der Waals surface area contributed by atoms with E-state index in [9.17, 15) is 0 Å². The largest absolute Gasteiger partial charge is 0.379 e. The molecule has 1 atom stereocenters. The van der Waals surface area contributed by atoms with Crippen LogP contribution in [0.5, 0.6) is 0 Å². The Kier molecular flexibility index (Phi) is 4.28. The number of nitrogens with zero attached hydrogens (tertiary/aromatic N) is 1. The lowest BCUT2D eigenvalue weighted by molar-refractivity contribution is -0.0190. The van der Waals surface area contributed by atoms with Crippen LogP contribution in [-0.2, 0) is 4.74 Å². The van der Waals surface area contributed by atoms with Crippen LogP contribution in [0.25, 0.3) is 0 Å². The highest BCUT2D eigenvalue weighted by atomic mass is 35.5. The Labute approximate surface area is 114 Å². The standard InChI is InChI=1S/C14H21ClN2O/c1-14(2,17-7-9-18-10-8-17)13(16)11-5-3-4-6-12(11)15/h3-6,13H,7-10,16H2,1-2H3. The van der Waals surface area contributed by atoms with E-state index in [2.05, 4.69) is 18.7 Å². The second-order valence-electron chi connectivity index (χ2n) is 5.25. The molecule has 3 nitrogen and oxygen atoms in total. The van der Waals surface area contributed by atoms with E-state index in [0.29, 0.717) is 0 Å². The molecule has 1 aromatic carbocycles. The minimum atomic E-state index is -0.130. The number of benzene rings is 1. The summed E-state index contributed by atoms with van der Waals surface area (Å²) in [5.74, 6) is 0. The molecule has 1 heterocycles. The molecule has 1 aliphatic rings. The van der Waals surface area contributed by atoms with E-state index >= 15 is 0 Å². The highest BCUT2D eigenvalue weighted by molar-refractivity contribution is 6.31. The summed E-state index contributed by atoms with van der Waals surface area (Å²) in [6.45, 7) is 7.74. The fraction of sp³-hybridized carbons (Fsp3) is 0.571. The van der Waals surface area contributed by atoms with E-state index in [1.165, 1.54) is 0 Å². The Hall–Kier alpha value is -0.610. The fourth-order valence-electron chi connectivity index (χ4n) is 2.44. The van der Waals surface area contributed by atoms with Crippen molar-refractivity contribution in [2.24, 2.45) is 5.73 Å². The molecule has 1 fully saturated rings. The molecule has 0 spiro atoms. The van der Waals surface area contributed by atoms with Gasteiger partial charge in [-0.2, -0.15) is 0 Å². The molecule has 0 aliphatic carbocycles. The van der Waals surface area contributed by atoms with Crippen LogP contribution < -0.4 is 5.73 Å². The molecule has 1 saturated heterocycles. The monoisotopic (exact) mass is 268 g/mol. The summed E-state index contributed by atoms with van der Waals surface area (Å²) < 4.78 is 5.40. The zero-order chi connectivity index (χ0) is 13.2. The zero-order valence-corrected chi connectivity index (χ0v) is 11.8. The van der Waals surface area contributed by atoms with Crippen LogP contribution in [0.1, 0.15) is 25.5 Å². The normalized spacial score (nSPS) is 19.8. The van der Waals surface area contributed by atoms with Crippen molar-refractivity contribution in [3.05, 3.63) is 34.9 Å². The fourth-order valence-corrected chi connectivity index (χ4v) is 2.70. The van der Waals surface area contributed by atoms with Gasteiger partial charge in [0.15, 0.2) is 0 Å². The summed E-state index contributed by atoms with van der Waals surface area (Å²) in [4.78, 5) is 2.38. The number of hydrogen-bond acceptors (Lipinski definition) is 3. The first-order valence-electron chi connectivity index (χ1n) is 6.36. The first-order valence-corrected chi connectivity index (χ1v) is 6.74. The molecule has 0 bridgehead atoms. The van der Waals surface area contributed by atoms with Crippen molar-refractivity contribution in [3.8, 4) is 0 Å². The summed E-state index contributed by atoms with van der Waals surface area (Å²) in [5.41, 5.74) is 7.32. The molecule has 2 N–H and O–H groups in total. The number of nitrogens with two attached hydrogens (primary N) is 1. The van der Waals surface area contributed by atoms with Gasteiger partial charge in [-0.1, -0.05) is 29.8 Å². The van der Waals surface area contributed by atoms with Gasteiger partial charge in [0, 0.05) is 29.7 Å². The van der Waals surface area contributed by atoms with E-state index in [4.69, 9.17) is 22.1 Å². The molecule has 0 aromatic heterocycles. The Balaban J connectivity index is 2.20. The maximum Gasteiger partial charge on any atom is 0.0594 e. The van der Waals surface area contributed by atoms with E-state index in [1.54, 1.807) is 0 Å². The van der Waals surface area contributed by atoms with E-state index in [-0.39, 0.29) is 11.6 Å². The maximum absolute atomic E-state index is 6.44. The van der Waals surface area contributed by atoms with Crippen molar-refractivity contribution in [3.63, 3.8) is 0 Å². The van der Waals surface area contributed by atoms with Crippen LogP contribution in [0.2, 0.25) is 5.02 Å².